The zero-order valence-corrected chi connectivity index (χ0v) is 15.4. The molecule has 1 heterocycles. The lowest BCUT2D eigenvalue weighted by Gasteiger charge is -2.07. The van der Waals surface area contributed by atoms with Crippen LogP contribution >= 0.6 is 0 Å². The van der Waals surface area contributed by atoms with Crippen molar-refractivity contribution in [3.05, 3.63) is 76.0 Å². The number of hydrogen-bond acceptors (Lipinski definition) is 7. The van der Waals surface area contributed by atoms with E-state index in [4.69, 9.17) is 13.9 Å². The Hall–Kier alpha value is -3.81. The molecule has 0 fully saturated rings. The smallest absolute Gasteiger partial charge is 0.273 e. The minimum Gasteiger partial charge on any atom is -0.496 e. The third kappa shape index (κ3) is 4.29. The fourth-order valence-corrected chi connectivity index (χ4v) is 2.65. The Morgan fingerprint density at radius 2 is 1.89 bits per heavy atom. The minimum atomic E-state index is -0.472. The first-order chi connectivity index (χ1) is 13.6. The molecule has 0 saturated carbocycles. The summed E-state index contributed by atoms with van der Waals surface area (Å²) in [6.07, 6.45) is 1.55. The number of hydrazone groups is 1. The van der Waals surface area contributed by atoms with E-state index in [-0.39, 0.29) is 5.69 Å². The van der Waals surface area contributed by atoms with Gasteiger partial charge in [0.05, 0.1) is 43.5 Å². The zero-order valence-electron chi connectivity index (χ0n) is 15.4. The topological polar surface area (TPSA) is 99.1 Å². The normalized spacial score (nSPS) is 10.8. The average molecular weight is 381 g/mol. The molecule has 1 N–H and O–H groups in total. The Labute approximate surface area is 161 Å². The van der Waals surface area contributed by atoms with Gasteiger partial charge >= 0.3 is 0 Å². The Kier molecular flexibility index (Phi) is 5.91. The van der Waals surface area contributed by atoms with E-state index in [1.807, 2.05) is 24.3 Å². The third-order valence-electron chi connectivity index (χ3n) is 4.03. The molecule has 28 heavy (non-hydrogen) atoms. The van der Waals surface area contributed by atoms with Crippen molar-refractivity contribution in [1.29, 1.82) is 0 Å². The summed E-state index contributed by atoms with van der Waals surface area (Å²) in [6.45, 7) is 0.504. The lowest BCUT2D eigenvalue weighted by Crippen LogP contribution is -2.06. The molecule has 0 unspecified atom stereocenters. The van der Waals surface area contributed by atoms with Gasteiger partial charge < -0.3 is 19.3 Å². The molecule has 144 valence electrons. The summed E-state index contributed by atoms with van der Waals surface area (Å²) in [5.74, 6) is 2.21. The van der Waals surface area contributed by atoms with Gasteiger partial charge in [0.2, 0.25) is 0 Å². The van der Waals surface area contributed by atoms with Gasteiger partial charge in [-0.25, -0.2) is 0 Å². The number of nitrogens with zero attached hydrogens (tertiary/aromatic N) is 2. The van der Waals surface area contributed by atoms with Crippen LogP contribution in [-0.4, -0.2) is 25.4 Å². The standard InChI is InChI=1S/C20H19N3O5/c1-26-18-6-4-3-5-14(18)12-21-22-13-16-8-10-19(28-16)17-9-7-15(23(24)25)11-20(17)27-2/h3-11,13,21H,12H2,1-2H3/b22-13-. The molecule has 3 rings (SSSR count). The van der Waals surface area contributed by atoms with Crippen LogP contribution in [0.3, 0.4) is 0 Å². The molecule has 0 aliphatic rings. The molecule has 2 aromatic carbocycles. The summed E-state index contributed by atoms with van der Waals surface area (Å²) in [4.78, 5) is 10.4. The summed E-state index contributed by atoms with van der Waals surface area (Å²) in [7, 11) is 3.08. The van der Waals surface area contributed by atoms with E-state index in [1.54, 1.807) is 31.5 Å². The van der Waals surface area contributed by atoms with Crippen molar-refractivity contribution in [2.75, 3.05) is 14.2 Å². The highest BCUT2D eigenvalue weighted by Gasteiger charge is 2.15. The third-order valence-corrected chi connectivity index (χ3v) is 4.03. The largest absolute Gasteiger partial charge is 0.496 e. The van der Waals surface area contributed by atoms with Crippen molar-refractivity contribution in [3.8, 4) is 22.8 Å². The lowest BCUT2D eigenvalue weighted by atomic mass is 10.1. The summed E-state index contributed by atoms with van der Waals surface area (Å²) in [5.41, 5.74) is 4.50. The second-order valence-electron chi connectivity index (χ2n) is 5.75. The number of non-ortho nitro benzene ring substituents is 1. The highest BCUT2D eigenvalue weighted by Crippen LogP contribution is 2.34. The van der Waals surface area contributed by atoms with Crippen LogP contribution in [0.5, 0.6) is 11.5 Å². The molecule has 8 heteroatoms. The maximum absolute atomic E-state index is 10.9. The summed E-state index contributed by atoms with van der Waals surface area (Å²) >= 11 is 0. The van der Waals surface area contributed by atoms with Gasteiger partial charge in [-0.05, 0) is 24.3 Å². The Balaban J connectivity index is 1.69. The van der Waals surface area contributed by atoms with Crippen molar-refractivity contribution in [1.82, 2.24) is 5.43 Å². The molecule has 0 aliphatic carbocycles. The molecular weight excluding hydrogens is 362 g/mol. The van der Waals surface area contributed by atoms with Crippen LogP contribution in [0.25, 0.3) is 11.3 Å². The fraction of sp³-hybridized carbons (Fsp3) is 0.150. The van der Waals surface area contributed by atoms with Crippen molar-refractivity contribution in [2.24, 2.45) is 5.10 Å². The van der Waals surface area contributed by atoms with Crippen LogP contribution < -0.4 is 14.9 Å². The molecule has 0 aliphatic heterocycles. The number of furan rings is 1. The summed E-state index contributed by atoms with van der Waals surface area (Å²) < 4.78 is 16.3. The predicted molar refractivity (Wildman–Crippen MR) is 105 cm³/mol. The van der Waals surface area contributed by atoms with Gasteiger partial charge in [0.15, 0.2) is 0 Å². The number of para-hydroxylation sites is 1. The van der Waals surface area contributed by atoms with E-state index in [0.717, 1.165) is 11.3 Å². The first-order valence-corrected chi connectivity index (χ1v) is 8.43. The lowest BCUT2D eigenvalue weighted by molar-refractivity contribution is -0.384. The molecule has 0 radical (unpaired) electrons. The predicted octanol–water partition coefficient (Wildman–Crippen LogP) is 4.00. The number of methoxy groups -OCH3 is 2. The van der Waals surface area contributed by atoms with Crippen molar-refractivity contribution >= 4 is 11.9 Å². The quantitative estimate of drug-likeness (QED) is 0.360. The first-order valence-electron chi connectivity index (χ1n) is 8.43. The first kappa shape index (κ1) is 19.0. The number of hydrogen-bond donors (Lipinski definition) is 1. The molecule has 1 aromatic heterocycles. The molecule has 0 amide bonds. The van der Waals surface area contributed by atoms with Crippen LogP contribution in [0.1, 0.15) is 11.3 Å². The SMILES string of the molecule is COc1ccccc1CN/N=C\c1ccc(-c2ccc([N+](=O)[O-])cc2OC)o1. The number of nitro groups is 1. The highest BCUT2D eigenvalue weighted by molar-refractivity contribution is 5.78. The van der Waals surface area contributed by atoms with E-state index in [9.17, 15) is 10.1 Å². The van der Waals surface area contributed by atoms with Crippen LogP contribution in [0.15, 0.2) is 64.1 Å². The Bertz CT molecular complexity index is 997. The van der Waals surface area contributed by atoms with Crippen molar-refractivity contribution in [3.63, 3.8) is 0 Å². The second kappa shape index (κ2) is 8.72. The van der Waals surface area contributed by atoms with Gasteiger partial charge in [-0.1, -0.05) is 18.2 Å². The summed E-state index contributed by atoms with van der Waals surface area (Å²) in [5, 5.41) is 15.1. The second-order valence-corrected chi connectivity index (χ2v) is 5.75. The maximum atomic E-state index is 10.9. The zero-order chi connectivity index (χ0) is 19.9. The highest BCUT2D eigenvalue weighted by atomic mass is 16.6. The molecule has 0 saturated heterocycles. The van der Waals surface area contributed by atoms with Crippen LogP contribution in [0.4, 0.5) is 5.69 Å². The van der Waals surface area contributed by atoms with Gasteiger partial charge in [0.1, 0.15) is 23.0 Å². The Morgan fingerprint density at radius 3 is 2.64 bits per heavy atom. The molecule has 0 atom stereocenters. The van der Waals surface area contributed by atoms with E-state index in [1.165, 1.54) is 19.2 Å². The van der Waals surface area contributed by atoms with Crippen LogP contribution in [0.2, 0.25) is 0 Å². The van der Waals surface area contributed by atoms with Gasteiger partial charge in [-0.3, -0.25) is 10.1 Å². The molecule has 8 nitrogen and oxygen atoms in total. The number of nitro benzene ring substituents is 1. The van der Waals surface area contributed by atoms with E-state index < -0.39 is 4.92 Å². The maximum Gasteiger partial charge on any atom is 0.273 e. The minimum absolute atomic E-state index is 0.0468. The number of rotatable bonds is 8. The molecule has 3 aromatic rings. The molecule has 0 spiro atoms. The monoisotopic (exact) mass is 381 g/mol. The van der Waals surface area contributed by atoms with Crippen molar-refractivity contribution in [2.45, 2.75) is 6.54 Å². The Morgan fingerprint density at radius 1 is 1.11 bits per heavy atom. The number of ether oxygens (including phenoxy) is 2. The van der Waals surface area contributed by atoms with Crippen LogP contribution in [-0.2, 0) is 6.54 Å². The van der Waals surface area contributed by atoms with E-state index in [2.05, 4.69) is 10.5 Å². The van der Waals surface area contributed by atoms with Gasteiger partial charge in [0.25, 0.3) is 5.69 Å². The molecular formula is C20H19N3O5. The molecule has 0 bridgehead atoms. The number of benzene rings is 2. The van der Waals surface area contributed by atoms with Gasteiger partial charge in [0, 0.05) is 11.6 Å². The van der Waals surface area contributed by atoms with Gasteiger partial charge in [-0.2, -0.15) is 5.10 Å². The summed E-state index contributed by atoms with van der Waals surface area (Å²) in [6, 6.07) is 15.5. The van der Waals surface area contributed by atoms with E-state index in [0.29, 0.717) is 29.4 Å². The fourth-order valence-electron chi connectivity index (χ4n) is 2.65. The number of nitrogens with one attached hydrogen (secondary N) is 1. The van der Waals surface area contributed by atoms with Crippen LogP contribution in [0, 0.1) is 10.1 Å². The van der Waals surface area contributed by atoms with E-state index >= 15 is 0 Å². The van der Waals surface area contributed by atoms with Gasteiger partial charge in [-0.15, -0.1) is 0 Å². The van der Waals surface area contributed by atoms with Crippen molar-refractivity contribution < 1.29 is 18.8 Å². The average Bonchev–Trinajstić information content (AvgIpc) is 3.19.